The molecule has 0 radical (unpaired) electrons. The average molecular weight is 317 g/mol. The van der Waals surface area contributed by atoms with Crippen LogP contribution in [0, 0.1) is 11.7 Å². The summed E-state index contributed by atoms with van der Waals surface area (Å²) in [7, 11) is 1.26. The van der Waals surface area contributed by atoms with E-state index in [0.717, 1.165) is 0 Å². The highest BCUT2D eigenvalue weighted by Crippen LogP contribution is 2.32. The number of rotatable bonds is 4. The van der Waals surface area contributed by atoms with Crippen molar-refractivity contribution in [3.05, 3.63) is 52.5 Å². The van der Waals surface area contributed by atoms with Crippen molar-refractivity contribution in [3.8, 4) is 0 Å². The zero-order valence-corrected chi connectivity index (χ0v) is 13.7. The van der Waals surface area contributed by atoms with Gasteiger partial charge in [-0.25, -0.2) is 9.18 Å². The fraction of sp³-hybridized carbons (Fsp3) is 0.333. The molecule has 2 rings (SSSR count). The largest absolute Gasteiger partial charge is 0.465 e. The summed E-state index contributed by atoms with van der Waals surface area (Å²) in [6.07, 6.45) is 1.41. The van der Waals surface area contributed by atoms with Gasteiger partial charge in [0, 0.05) is 17.8 Å². The van der Waals surface area contributed by atoms with Gasteiger partial charge in [0.2, 0.25) is 0 Å². The molecule has 0 bridgehead atoms. The predicted molar refractivity (Wildman–Crippen MR) is 85.6 cm³/mol. The summed E-state index contributed by atoms with van der Waals surface area (Å²) in [6, 6.07) is 6.12. The minimum absolute atomic E-state index is 0.167. The van der Waals surface area contributed by atoms with E-state index in [1.54, 1.807) is 30.0 Å². The molecule has 0 aromatic heterocycles. The van der Waals surface area contributed by atoms with Gasteiger partial charge in [0.1, 0.15) is 5.82 Å². The Morgan fingerprint density at radius 1 is 1.35 bits per heavy atom. The highest BCUT2D eigenvalue weighted by atomic mass is 19.1. The molecule has 0 unspecified atom stereocenters. The molecule has 4 nitrogen and oxygen atoms in total. The lowest BCUT2D eigenvalue weighted by Gasteiger charge is -2.19. The Kier molecular flexibility index (Phi) is 4.98. The first kappa shape index (κ1) is 16.9. The Hall–Kier alpha value is -2.43. The number of esters is 1. The molecule has 0 spiro atoms. The molecule has 5 heteroatoms. The van der Waals surface area contributed by atoms with Crippen molar-refractivity contribution in [1.82, 2.24) is 4.90 Å². The van der Waals surface area contributed by atoms with Gasteiger partial charge in [-0.3, -0.25) is 4.79 Å². The Labute approximate surface area is 135 Å². The molecule has 1 heterocycles. The van der Waals surface area contributed by atoms with E-state index in [4.69, 9.17) is 4.74 Å². The van der Waals surface area contributed by atoms with E-state index < -0.39 is 11.8 Å². The Morgan fingerprint density at radius 3 is 2.57 bits per heavy atom. The van der Waals surface area contributed by atoms with Crippen LogP contribution in [0.15, 0.2) is 41.1 Å². The highest BCUT2D eigenvalue weighted by Gasteiger charge is 2.37. The fourth-order valence-corrected chi connectivity index (χ4v) is 2.56. The van der Waals surface area contributed by atoms with Crippen molar-refractivity contribution >= 4 is 18.0 Å². The number of carbonyl (C=O) groups excluding carboxylic acids is 2. The molecule has 0 fully saturated rings. The number of nitrogens with zero attached hydrogens (tertiary/aromatic N) is 1. The van der Waals surface area contributed by atoms with Gasteiger partial charge < -0.3 is 9.64 Å². The zero-order valence-electron chi connectivity index (χ0n) is 13.7. The quantitative estimate of drug-likeness (QED) is 0.633. The molecule has 1 aromatic rings. The van der Waals surface area contributed by atoms with Gasteiger partial charge in [-0.2, -0.15) is 0 Å². The van der Waals surface area contributed by atoms with Crippen LogP contribution in [0.2, 0.25) is 0 Å². The molecule has 122 valence electrons. The van der Waals surface area contributed by atoms with E-state index in [9.17, 15) is 14.0 Å². The van der Waals surface area contributed by atoms with Gasteiger partial charge in [-0.1, -0.05) is 32.0 Å². The van der Waals surface area contributed by atoms with Crippen molar-refractivity contribution in [3.63, 3.8) is 0 Å². The number of carbonyl (C=O) groups is 2. The van der Waals surface area contributed by atoms with Crippen molar-refractivity contribution in [2.45, 2.75) is 20.8 Å². The number of hydrogen-bond donors (Lipinski definition) is 0. The SMILES string of the molecule is COC(=O)C1=C(C)N(CC(C)C)C(=O)/C1=C\c1ccccc1F. The second kappa shape index (κ2) is 6.77. The Bertz CT molecular complexity index is 704. The van der Waals surface area contributed by atoms with Crippen LogP contribution in [-0.4, -0.2) is 30.4 Å². The van der Waals surface area contributed by atoms with E-state index >= 15 is 0 Å². The van der Waals surface area contributed by atoms with Crippen molar-refractivity contribution in [1.29, 1.82) is 0 Å². The van der Waals surface area contributed by atoms with Crippen LogP contribution in [-0.2, 0) is 14.3 Å². The maximum Gasteiger partial charge on any atom is 0.340 e. The van der Waals surface area contributed by atoms with Crippen molar-refractivity contribution in [2.75, 3.05) is 13.7 Å². The summed E-state index contributed by atoms with van der Waals surface area (Å²) in [4.78, 5) is 26.3. The lowest BCUT2D eigenvalue weighted by atomic mass is 10.0. The van der Waals surface area contributed by atoms with Crippen LogP contribution in [0.5, 0.6) is 0 Å². The summed E-state index contributed by atoms with van der Waals surface area (Å²) in [5.41, 5.74) is 1.16. The third kappa shape index (κ3) is 3.33. The molecule has 1 aromatic carbocycles. The lowest BCUT2D eigenvalue weighted by Crippen LogP contribution is -2.28. The molecule has 1 amide bonds. The first-order chi connectivity index (χ1) is 10.9. The number of benzene rings is 1. The van der Waals surface area contributed by atoms with Gasteiger partial charge in [-0.15, -0.1) is 0 Å². The first-order valence-electron chi connectivity index (χ1n) is 7.44. The normalized spacial score (nSPS) is 16.7. The molecule has 0 atom stereocenters. The summed E-state index contributed by atoms with van der Waals surface area (Å²) in [6.45, 7) is 6.16. The predicted octanol–water partition coefficient (Wildman–Crippen LogP) is 3.15. The van der Waals surface area contributed by atoms with E-state index in [1.807, 2.05) is 13.8 Å². The second-order valence-electron chi connectivity index (χ2n) is 5.84. The third-order valence-electron chi connectivity index (χ3n) is 3.65. The van der Waals surface area contributed by atoms with Crippen LogP contribution in [0.3, 0.4) is 0 Å². The number of hydrogen-bond acceptors (Lipinski definition) is 3. The summed E-state index contributed by atoms with van der Waals surface area (Å²) >= 11 is 0. The number of halogens is 1. The highest BCUT2D eigenvalue weighted by molar-refractivity contribution is 6.16. The second-order valence-corrected chi connectivity index (χ2v) is 5.84. The Balaban J connectivity index is 2.55. The van der Waals surface area contributed by atoms with Crippen LogP contribution in [0.25, 0.3) is 6.08 Å². The monoisotopic (exact) mass is 317 g/mol. The van der Waals surface area contributed by atoms with E-state index in [-0.39, 0.29) is 28.5 Å². The molecule has 0 aliphatic carbocycles. The summed E-state index contributed by atoms with van der Waals surface area (Å²) in [5.74, 6) is -1.11. The molecule has 1 aliphatic heterocycles. The maximum atomic E-state index is 13.9. The standard InChI is InChI=1S/C18H20FNO3/c1-11(2)10-20-12(3)16(18(22)23-4)14(17(20)21)9-13-7-5-6-8-15(13)19/h5-9,11H,10H2,1-4H3/b14-9-. The van der Waals surface area contributed by atoms with Crippen molar-refractivity contribution in [2.24, 2.45) is 5.92 Å². The molecule has 23 heavy (non-hydrogen) atoms. The van der Waals surface area contributed by atoms with Crippen LogP contribution < -0.4 is 0 Å². The summed E-state index contributed by atoms with van der Waals surface area (Å²) < 4.78 is 18.7. The van der Waals surface area contributed by atoms with Gasteiger partial charge in [0.05, 0.1) is 18.3 Å². The maximum absolute atomic E-state index is 13.9. The van der Waals surface area contributed by atoms with E-state index in [0.29, 0.717) is 12.2 Å². The van der Waals surface area contributed by atoms with E-state index in [1.165, 1.54) is 19.3 Å². The minimum atomic E-state index is -0.593. The fourth-order valence-electron chi connectivity index (χ4n) is 2.56. The molecular formula is C18H20FNO3. The number of methoxy groups -OCH3 is 1. The molecule has 0 saturated carbocycles. The van der Waals surface area contributed by atoms with Gasteiger partial charge >= 0.3 is 5.97 Å². The van der Waals surface area contributed by atoms with Gasteiger partial charge in [0.15, 0.2) is 0 Å². The lowest BCUT2D eigenvalue weighted by molar-refractivity contribution is -0.136. The Morgan fingerprint density at radius 2 is 2.00 bits per heavy atom. The van der Waals surface area contributed by atoms with Crippen LogP contribution in [0.1, 0.15) is 26.3 Å². The smallest absolute Gasteiger partial charge is 0.340 e. The summed E-state index contributed by atoms with van der Waals surface area (Å²) in [5, 5.41) is 0. The van der Waals surface area contributed by atoms with Crippen molar-refractivity contribution < 1.29 is 18.7 Å². The zero-order chi connectivity index (χ0) is 17.1. The number of amides is 1. The molecular weight excluding hydrogens is 297 g/mol. The number of ether oxygens (including phenoxy) is 1. The third-order valence-corrected chi connectivity index (χ3v) is 3.65. The number of allylic oxidation sites excluding steroid dienone is 1. The van der Waals surface area contributed by atoms with Gasteiger partial charge in [-0.05, 0) is 25.0 Å². The van der Waals surface area contributed by atoms with E-state index in [2.05, 4.69) is 0 Å². The topological polar surface area (TPSA) is 46.6 Å². The minimum Gasteiger partial charge on any atom is -0.465 e. The molecule has 0 saturated heterocycles. The van der Waals surface area contributed by atoms with Crippen LogP contribution in [0.4, 0.5) is 4.39 Å². The average Bonchev–Trinajstić information content (AvgIpc) is 2.73. The first-order valence-corrected chi connectivity index (χ1v) is 7.44. The molecule has 0 N–H and O–H groups in total. The van der Waals surface area contributed by atoms with Gasteiger partial charge in [0.25, 0.3) is 5.91 Å². The van der Waals surface area contributed by atoms with Crippen LogP contribution >= 0.6 is 0 Å². The molecule has 1 aliphatic rings.